The Morgan fingerprint density at radius 1 is 0.947 bits per heavy atom. The van der Waals surface area contributed by atoms with Crippen LogP contribution < -0.4 is 11.1 Å². The van der Waals surface area contributed by atoms with E-state index in [0.717, 1.165) is 0 Å². The summed E-state index contributed by atoms with van der Waals surface area (Å²) in [4.78, 5) is 0. The average molecular weight is 282 g/mol. The maximum absolute atomic E-state index is 13.5. The fourth-order valence-corrected chi connectivity index (χ4v) is 1.43. The number of nitrogens with one attached hydrogen (secondary N) is 1. The Labute approximate surface area is 107 Å². The van der Waals surface area contributed by atoms with Crippen LogP contribution in [0.25, 0.3) is 0 Å². The molecule has 0 radical (unpaired) electrons. The smallest absolute Gasteiger partial charge is 0.200 e. The number of hydrogen-bond acceptors (Lipinski definition) is 2. The molecule has 1 aromatic rings. The predicted molar refractivity (Wildman–Crippen MR) is 62.2 cm³/mol. The quantitative estimate of drug-likeness (QED) is 0.506. The van der Waals surface area contributed by atoms with Crippen molar-refractivity contribution >= 4 is 5.69 Å². The van der Waals surface area contributed by atoms with Crippen molar-refractivity contribution in [3.63, 3.8) is 0 Å². The Balaban J connectivity index is 3.37. The van der Waals surface area contributed by atoms with Crippen LogP contribution in [0.5, 0.6) is 0 Å². The lowest BCUT2D eigenvalue weighted by atomic mass is 9.88. The first-order valence-corrected chi connectivity index (χ1v) is 5.65. The molecule has 1 rings (SSSR count). The number of rotatable bonds is 4. The molecule has 1 aromatic carbocycles. The van der Waals surface area contributed by atoms with Crippen molar-refractivity contribution in [3.05, 3.63) is 29.1 Å². The third-order valence-electron chi connectivity index (χ3n) is 3.32. The zero-order valence-corrected chi connectivity index (χ0v) is 10.8. The van der Waals surface area contributed by atoms with Gasteiger partial charge >= 0.3 is 0 Å². The van der Waals surface area contributed by atoms with Gasteiger partial charge in [0.05, 0.1) is 0 Å². The highest BCUT2D eigenvalue weighted by Crippen LogP contribution is 2.31. The SMILES string of the molecule is CC(C)C(C)(CN)Nc1c(F)c(F)c(F)c(F)c1F. The predicted octanol–water partition coefficient (Wildman–Crippen LogP) is 3.17. The van der Waals surface area contributed by atoms with E-state index in [0.29, 0.717) is 0 Å². The van der Waals surface area contributed by atoms with Gasteiger partial charge in [-0.1, -0.05) is 13.8 Å². The Morgan fingerprint density at radius 3 is 1.63 bits per heavy atom. The van der Waals surface area contributed by atoms with E-state index in [2.05, 4.69) is 5.32 Å². The highest BCUT2D eigenvalue weighted by molar-refractivity contribution is 5.50. The van der Waals surface area contributed by atoms with E-state index in [1.807, 2.05) is 0 Å². The summed E-state index contributed by atoms with van der Waals surface area (Å²) >= 11 is 0. The van der Waals surface area contributed by atoms with Crippen molar-refractivity contribution in [2.75, 3.05) is 11.9 Å². The van der Waals surface area contributed by atoms with Crippen LogP contribution >= 0.6 is 0 Å². The zero-order valence-electron chi connectivity index (χ0n) is 10.8. The molecular formula is C12H15F5N2. The third kappa shape index (κ3) is 2.65. The second-order valence-corrected chi connectivity index (χ2v) is 4.85. The van der Waals surface area contributed by atoms with Crippen molar-refractivity contribution in [1.29, 1.82) is 0 Å². The summed E-state index contributed by atoms with van der Waals surface area (Å²) in [5, 5.41) is 2.33. The molecule has 0 aliphatic heterocycles. The highest BCUT2D eigenvalue weighted by atomic mass is 19.2. The van der Waals surface area contributed by atoms with E-state index in [1.54, 1.807) is 13.8 Å². The van der Waals surface area contributed by atoms with Gasteiger partial charge in [-0.3, -0.25) is 0 Å². The van der Waals surface area contributed by atoms with Gasteiger partial charge in [-0.25, -0.2) is 22.0 Å². The van der Waals surface area contributed by atoms with E-state index in [9.17, 15) is 22.0 Å². The average Bonchev–Trinajstić information content (AvgIpc) is 2.38. The van der Waals surface area contributed by atoms with Crippen molar-refractivity contribution < 1.29 is 22.0 Å². The number of nitrogens with two attached hydrogens (primary N) is 1. The van der Waals surface area contributed by atoms with Crippen LogP contribution in [0.3, 0.4) is 0 Å². The van der Waals surface area contributed by atoms with Gasteiger partial charge in [0.1, 0.15) is 5.69 Å². The normalized spacial score (nSPS) is 14.6. The monoisotopic (exact) mass is 282 g/mol. The summed E-state index contributed by atoms with van der Waals surface area (Å²) in [6.07, 6.45) is 0. The van der Waals surface area contributed by atoms with Gasteiger partial charge in [-0.15, -0.1) is 0 Å². The second kappa shape index (κ2) is 5.32. The van der Waals surface area contributed by atoms with Crippen LogP contribution in [-0.2, 0) is 0 Å². The lowest BCUT2D eigenvalue weighted by Gasteiger charge is -2.35. The molecule has 0 bridgehead atoms. The fraction of sp³-hybridized carbons (Fsp3) is 0.500. The summed E-state index contributed by atoms with van der Waals surface area (Å²) < 4.78 is 66.0. The maximum Gasteiger partial charge on any atom is 0.200 e. The van der Waals surface area contributed by atoms with E-state index in [-0.39, 0.29) is 12.5 Å². The Bertz CT molecular complexity index is 460. The summed E-state index contributed by atoms with van der Waals surface area (Å²) in [6.45, 7) is 4.93. The van der Waals surface area contributed by atoms with Crippen LogP contribution in [0.15, 0.2) is 0 Å². The minimum absolute atomic E-state index is 0.0375. The summed E-state index contributed by atoms with van der Waals surface area (Å²) in [7, 11) is 0. The molecule has 0 heterocycles. The molecular weight excluding hydrogens is 267 g/mol. The molecule has 108 valence electrons. The van der Waals surface area contributed by atoms with Crippen LogP contribution in [0.2, 0.25) is 0 Å². The fourth-order valence-electron chi connectivity index (χ4n) is 1.43. The van der Waals surface area contributed by atoms with Crippen LogP contribution in [-0.4, -0.2) is 12.1 Å². The molecule has 3 N–H and O–H groups in total. The topological polar surface area (TPSA) is 38.0 Å². The lowest BCUT2D eigenvalue weighted by molar-refractivity contribution is 0.359. The van der Waals surface area contributed by atoms with Crippen LogP contribution in [0.1, 0.15) is 20.8 Å². The van der Waals surface area contributed by atoms with Gasteiger partial charge in [-0.2, -0.15) is 0 Å². The Morgan fingerprint density at radius 2 is 1.32 bits per heavy atom. The molecule has 0 saturated carbocycles. The van der Waals surface area contributed by atoms with Gasteiger partial charge in [0.2, 0.25) is 5.82 Å². The van der Waals surface area contributed by atoms with Gasteiger partial charge in [0.25, 0.3) is 0 Å². The standard InChI is InChI=1S/C12H15F5N2/c1-5(2)12(3,4-18)19-11-9(16)7(14)6(13)8(15)10(11)17/h5,19H,4,18H2,1-3H3. The van der Waals surface area contributed by atoms with Gasteiger partial charge < -0.3 is 11.1 Å². The number of benzene rings is 1. The molecule has 19 heavy (non-hydrogen) atoms. The number of anilines is 1. The highest BCUT2D eigenvalue weighted by Gasteiger charge is 2.32. The van der Waals surface area contributed by atoms with Gasteiger partial charge in [0, 0.05) is 12.1 Å². The van der Waals surface area contributed by atoms with Crippen molar-refractivity contribution in [1.82, 2.24) is 0 Å². The molecule has 0 aliphatic rings. The molecule has 2 nitrogen and oxygen atoms in total. The lowest BCUT2D eigenvalue weighted by Crippen LogP contribution is -2.47. The zero-order chi connectivity index (χ0) is 15.0. The van der Waals surface area contributed by atoms with Crippen molar-refractivity contribution in [2.45, 2.75) is 26.3 Å². The molecule has 0 saturated heterocycles. The first-order chi connectivity index (χ1) is 8.65. The third-order valence-corrected chi connectivity index (χ3v) is 3.32. The Kier molecular flexibility index (Phi) is 4.39. The summed E-state index contributed by atoms with van der Waals surface area (Å²) in [6, 6.07) is 0. The molecule has 0 amide bonds. The van der Waals surface area contributed by atoms with Gasteiger partial charge in [-0.05, 0) is 12.8 Å². The minimum atomic E-state index is -2.18. The molecule has 1 unspecified atom stereocenters. The first-order valence-electron chi connectivity index (χ1n) is 5.65. The largest absolute Gasteiger partial charge is 0.373 e. The van der Waals surface area contributed by atoms with Crippen molar-refractivity contribution in [2.24, 2.45) is 11.7 Å². The summed E-state index contributed by atoms with van der Waals surface area (Å²) in [5.41, 5.74) is 3.43. The minimum Gasteiger partial charge on any atom is -0.373 e. The molecule has 1 atom stereocenters. The first kappa shape index (κ1) is 15.7. The number of halogens is 5. The van der Waals surface area contributed by atoms with Gasteiger partial charge in [0.15, 0.2) is 23.3 Å². The van der Waals surface area contributed by atoms with Crippen LogP contribution in [0, 0.1) is 35.0 Å². The van der Waals surface area contributed by atoms with Crippen LogP contribution in [0.4, 0.5) is 27.6 Å². The Hall–Kier alpha value is -1.37. The molecule has 0 spiro atoms. The molecule has 0 fully saturated rings. The maximum atomic E-state index is 13.5. The molecule has 7 heteroatoms. The van der Waals surface area contributed by atoms with E-state index in [1.165, 1.54) is 6.92 Å². The molecule has 0 aliphatic carbocycles. The summed E-state index contributed by atoms with van der Waals surface area (Å²) in [5.74, 6) is -10.1. The van der Waals surface area contributed by atoms with E-state index < -0.39 is 40.3 Å². The van der Waals surface area contributed by atoms with E-state index in [4.69, 9.17) is 5.73 Å². The van der Waals surface area contributed by atoms with Crippen molar-refractivity contribution in [3.8, 4) is 0 Å². The second-order valence-electron chi connectivity index (χ2n) is 4.85. The van der Waals surface area contributed by atoms with E-state index >= 15 is 0 Å². The number of hydrogen-bond donors (Lipinski definition) is 2. The molecule has 0 aromatic heterocycles.